The number of halogens is 2. The summed E-state index contributed by atoms with van der Waals surface area (Å²) in [5, 5.41) is 8.42. The van der Waals surface area contributed by atoms with E-state index in [9.17, 15) is 4.79 Å². The second-order valence-corrected chi connectivity index (χ2v) is 7.17. The van der Waals surface area contributed by atoms with Crippen molar-refractivity contribution in [2.75, 3.05) is 0 Å². The first-order valence-electron chi connectivity index (χ1n) is 8.94. The third-order valence-corrected chi connectivity index (χ3v) is 5.02. The Morgan fingerprint density at radius 3 is 2.54 bits per heavy atom. The fourth-order valence-corrected chi connectivity index (χ4v) is 2.95. The van der Waals surface area contributed by atoms with E-state index < -0.39 is 0 Å². The van der Waals surface area contributed by atoms with E-state index in [1.165, 1.54) is 0 Å². The van der Waals surface area contributed by atoms with Gasteiger partial charge in [-0.25, -0.2) is 0 Å². The van der Waals surface area contributed by atoms with Gasteiger partial charge in [0, 0.05) is 23.3 Å². The lowest BCUT2D eigenvalue weighted by Gasteiger charge is -2.09. The second-order valence-electron chi connectivity index (χ2n) is 6.36. The summed E-state index contributed by atoms with van der Waals surface area (Å²) in [5.74, 6) is 0.579. The van der Waals surface area contributed by atoms with Crippen molar-refractivity contribution < 1.29 is 9.53 Å². The molecule has 0 fully saturated rings. The molecule has 28 heavy (non-hydrogen) atoms. The number of aryl methyl sites for hydroxylation is 2. The summed E-state index contributed by atoms with van der Waals surface area (Å²) in [6, 6.07) is 12.8. The van der Waals surface area contributed by atoms with Crippen molar-refractivity contribution in [2.24, 2.45) is 0 Å². The molecule has 146 valence electrons. The Balaban J connectivity index is 1.54. The molecular formula is C21H21Cl2N3O2. The quantitative estimate of drug-likeness (QED) is 0.586. The van der Waals surface area contributed by atoms with Crippen LogP contribution in [0, 0.1) is 6.92 Å². The van der Waals surface area contributed by atoms with Gasteiger partial charge in [0.25, 0.3) is 5.91 Å². The van der Waals surface area contributed by atoms with Crippen LogP contribution in [0.4, 0.5) is 0 Å². The van der Waals surface area contributed by atoms with Gasteiger partial charge in [-0.1, -0.05) is 35.3 Å². The molecule has 7 heteroatoms. The number of aromatic nitrogens is 2. The maximum absolute atomic E-state index is 12.3. The van der Waals surface area contributed by atoms with Gasteiger partial charge in [0.2, 0.25) is 0 Å². The van der Waals surface area contributed by atoms with Crippen LogP contribution >= 0.6 is 23.2 Å². The molecule has 0 atom stereocenters. The normalized spacial score (nSPS) is 10.7. The summed E-state index contributed by atoms with van der Waals surface area (Å²) < 4.78 is 7.51. The molecule has 0 saturated heterocycles. The third-order valence-electron chi connectivity index (χ3n) is 4.28. The second kappa shape index (κ2) is 9.13. The molecule has 0 unspecified atom stereocenters. The average Bonchev–Trinajstić information content (AvgIpc) is 3.07. The highest BCUT2D eigenvalue weighted by atomic mass is 35.5. The van der Waals surface area contributed by atoms with Crippen LogP contribution in [0.3, 0.4) is 0 Å². The number of hydrogen-bond donors (Lipinski definition) is 1. The first-order chi connectivity index (χ1) is 13.5. The molecule has 0 aliphatic heterocycles. The lowest BCUT2D eigenvalue weighted by atomic mass is 10.1. The summed E-state index contributed by atoms with van der Waals surface area (Å²) in [6.45, 7) is 5.33. The lowest BCUT2D eigenvalue weighted by Crippen LogP contribution is -2.23. The Labute approximate surface area is 174 Å². The predicted octanol–water partition coefficient (Wildman–Crippen LogP) is 5.03. The molecule has 5 nitrogen and oxygen atoms in total. The van der Waals surface area contributed by atoms with Crippen molar-refractivity contribution in [1.82, 2.24) is 15.1 Å². The van der Waals surface area contributed by atoms with Gasteiger partial charge in [0.05, 0.1) is 11.6 Å². The van der Waals surface area contributed by atoms with E-state index in [1.54, 1.807) is 23.0 Å². The van der Waals surface area contributed by atoms with Crippen molar-refractivity contribution in [3.8, 4) is 5.75 Å². The first-order valence-corrected chi connectivity index (χ1v) is 9.69. The zero-order chi connectivity index (χ0) is 20.1. The minimum atomic E-state index is -0.178. The molecule has 2 aromatic carbocycles. The largest absolute Gasteiger partial charge is 0.489 e. The van der Waals surface area contributed by atoms with Crippen LogP contribution in [-0.2, 0) is 19.7 Å². The van der Waals surface area contributed by atoms with Gasteiger partial charge in [-0.15, -0.1) is 0 Å². The summed E-state index contributed by atoms with van der Waals surface area (Å²) >= 11 is 12.1. The maximum Gasteiger partial charge on any atom is 0.251 e. The highest BCUT2D eigenvalue weighted by Gasteiger charge is 2.10. The Morgan fingerprint density at radius 1 is 1.14 bits per heavy atom. The topological polar surface area (TPSA) is 56.2 Å². The van der Waals surface area contributed by atoms with Crippen molar-refractivity contribution >= 4 is 29.1 Å². The third kappa shape index (κ3) is 5.06. The Bertz CT molecular complexity index is 968. The molecule has 1 aromatic heterocycles. The van der Waals surface area contributed by atoms with Gasteiger partial charge in [0.1, 0.15) is 18.1 Å². The molecule has 0 spiro atoms. The molecule has 1 heterocycles. The van der Waals surface area contributed by atoms with E-state index >= 15 is 0 Å². The standard InChI is InChI=1S/C21H21Cl2N3O2/c1-3-26-12-19(23)20(25-26)11-24-21(27)16-6-4-15(5-7-16)13-28-17-8-9-18(22)14(2)10-17/h4-10,12H,3,11,13H2,1-2H3,(H,24,27). The van der Waals surface area contributed by atoms with Gasteiger partial charge in [0.15, 0.2) is 0 Å². The molecule has 0 saturated carbocycles. The van der Waals surface area contributed by atoms with E-state index in [2.05, 4.69) is 10.4 Å². The number of carbonyl (C=O) groups is 1. The lowest BCUT2D eigenvalue weighted by molar-refractivity contribution is 0.0950. The van der Waals surface area contributed by atoms with E-state index in [1.807, 2.05) is 44.2 Å². The van der Waals surface area contributed by atoms with Crippen molar-refractivity contribution in [3.05, 3.63) is 81.1 Å². The SMILES string of the molecule is CCn1cc(Cl)c(CNC(=O)c2ccc(COc3ccc(Cl)c(C)c3)cc2)n1. The number of hydrogen-bond acceptors (Lipinski definition) is 3. The highest BCUT2D eigenvalue weighted by Crippen LogP contribution is 2.22. The fraction of sp³-hybridized carbons (Fsp3) is 0.238. The Kier molecular flexibility index (Phi) is 6.60. The number of benzene rings is 2. The fourth-order valence-electron chi connectivity index (χ4n) is 2.61. The van der Waals surface area contributed by atoms with E-state index in [-0.39, 0.29) is 12.5 Å². The zero-order valence-corrected chi connectivity index (χ0v) is 17.2. The highest BCUT2D eigenvalue weighted by molar-refractivity contribution is 6.31. The van der Waals surface area contributed by atoms with Gasteiger partial charge >= 0.3 is 0 Å². The molecule has 0 aliphatic carbocycles. The van der Waals surface area contributed by atoms with Gasteiger partial charge in [-0.3, -0.25) is 9.48 Å². The smallest absolute Gasteiger partial charge is 0.251 e. The summed E-state index contributed by atoms with van der Waals surface area (Å²) in [6.07, 6.45) is 1.75. The molecule has 0 bridgehead atoms. The number of nitrogens with zero attached hydrogens (tertiary/aromatic N) is 2. The van der Waals surface area contributed by atoms with Crippen LogP contribution in [0.25, 0.3) is 0 Å². The van der Waals surface area contributed by atoms with Gasteiger partial charge in [-0.2, -0.15) is 5.10 Å². The number of ether oxygens (including phenoxy) is 1. The first kappa shape index (κ1) is 20.2. The Hall–Kier alpha value is -2.50. The molecular weight excluding hydrogens is 397 g/mol. The van der Waals surface area contributed by atoms with E-state index in [4.69, 9.17) is 27.9 Å². The van der Waals surface area contributed by atoms with Crippen LogP contribution in [0.1, 0.15) is 34.1 Å². The molecule has 3 rings (SSSR count). The zero-order valence-electron chi connectivity index (χ0n) is 15.7. The van der Waals surface area contributed by atoms with E-state index in [0.29, 0.717) is 27.9 Å². The number of amides is 1. The van der Waals surface area contributed by atoms with Gasteiger partial charge < -0.3 is 10.1 Å². The summed E-state index contributed by atoms with van der Waals surface area (Å²) in [5.41, 5.74) is 3.15. The van der Waals surface area contributed by atoms with Crippen LogP contribution in [0.2, 0.25) is 10.0 Å². The Morgan fingerprint density at radius 2 is 1.89 bits per heavy atom. The van der Waals surface area contributed by atoms with E-state index in [0.717, 1.165) is 23.4 Å². The van der Waals surface area contributed by atoms with Gasteiger partial charge in [-0.05, 0) is 55.3 Å². The average molecular weight is 418 g/mol. The number of nitrogens with one attached hydrogen (secondary N) is 1. The molecule has 0 radical (unpaired) electrons. The maximum atomic E-state index is 12.3. The number of carbonyl (C=O) groups excluding carboxylic acids is 1. The molecule has 0 aliphatic rings. The van der Waals surface area contributed by atoms with Crippen LogP contribution in [0.5, 0.6) is 5.75 Å². The molecule has 3 aromatic rings. The van der Waals surface area contributed by atoms with Crippen LogP contribution < -0.4 is 10.1 Å². The minimum absolute atomic E-state index is 0.178. The predicted molar refractivity (Wildman–Crippen MR) is 111 cm³/mol. The van der Waals surface area contributed by atoms with Crippen LogP contribution in [0.15, 0.2) is 48.7 Å². The van der Waals surface area contributed by atoms with Crippen LogP contribution in [-0.4, -0.2) is 15.7 Å². The van der Waals surface area contributed by atoms with Crippen molar-refractivity contribution in [3.63, 3.8) is 0 Å². The van der Waals surface area contributed by atoms with Crippen molar-refractivity contribution in [2.45, 2.75) is 33.5 Å². The van der Waals surface area contributed by atoms with Crippen molar-refractivity contribution in [1.29, 1.82) is 0 Å². The summed E-state index contributed by atoms with van der Waals surface area (Å²) in [7, 11) is 0. The monoisotopic (exact) mass is 417 g/mol. The molecule has 1 N–H and O–H groups in total. The summed E-state index contributed by atoms with van der Waals surface area (Å²) in [4.78, 5) is 12.3. The molecule has 1 amide bonds. The number of rotatable bonds is 7. The minimum Gasteiger partial charge on any atom is -0.489 e.